The second-order valence-corrected chi connectivity index (χ2v) is 3.02. The van der Waals surface area contributed by atoms with Crippen LogP contribution in [0.5, 0.6) is 5.75 Å². The number of hydrogen-bond acceptors (Lipinski definition) is 3. The highest BCUT2D eigenvalue weighted by Crippen LogP contribution is 2.13. The first-order chi connectivity index (χ1) is 7.71. The first kappa shape index (κ1) is 11.8. The summed E-state index contributed by atoms with van der Waals surface area (Å²) in [6, 6.07) is 8.94. The van der Waals surface area contributed by atoms with E-state index in [4.69, 9.17) is 10.00 Å². The Labute approximate surface area is 94.1 Å². The third-order valence-electron chi connectivity index (χ3n) is 2.02. The molecule has 0 aromatic heterocycles. The minimum absolute atomic E-state index is 0.0765. The van der Waals surface area contributed by atoms with E-state index in [1.165, 1.54) is 13.1 Å². The summed E-state index contributed by atoms with van der Waals surface area (Å²) in [4.78, 5) is 11.2. The van der Waals surface area contributed by atoms with Crippen LogP contribution in [-0.2, 0) is 4.79 Å². The first-order valence-corrected chi connectivity index (χ1v) is 4.69. The highest BCUT2D eigenvalue weighted by molar-refractivity contribution is 6.01. The molecule has 1 N–H and O–H groups in total. The molecule has 82 valence electrons. The maximum Gasteiger partial charge on any atom is 0.261 e. The summed E-state index contributed by atoms with van der Waals surface area (Å²) in [6.45, 7) is 0. The van der Waals surface area contributed by atoms with Crippen LogP contribution in [-0.4, -0.2) is 20.1 Å². The molecule has 1 rings (SSSR count). The summed E-state index contributed by atoms with van der Waals surface area (Å²) in [5.74, 6) is 0.342. The second-order valence-electron chi connectivity index (χ2n) is 3.02. The Kier molecular flexibility index (Phi) is 4.10. The van der Waals surface area contributed by atoms with Crippen molar-refractivity contribution in [3.8, 4) is 11.8 Å². The molecule has 0 heterocycles. The number of carbonyl (C=O) groups is 1. The standard InChI is InChI=1S/C12H12N2O2/c1-14-12(15)10(8-13)7-9-3-5-11(16-2)6-4-9/h3-7H,1-2H3,(H,14,15)/b10-7-. The van der Waals surface area contributed by atoms with Gasteiger partial charge in [0.2, 0.25) is 0 Å². The van der Waals surface area contributed by atoms with Crippen LogP contribution >= 0.6 is 0 Å². The van der Waals surface area contributed by atoms with Crippen LogP contribution in [0.3, 0.4) is 0 Å². The molecule has 0 atom stereocenters. The number of nitriles is 1. The van der Waals surface area contributed by atoms with Crippen molar-refractivity contribution in [2.45, 2.75) is 0 Å². The number of hydrogen-bond donors (Lipinski definition) is 1. The molecule has 1 aromatic rings. The van der Waals surface area contributed by atoms with Crippen LogP contribution in [0.15, 0.2) is 29.8 Å². The molecule has 0 aliphatic rings. The quantitative estimate of drug-likeness (QED) is 0.612. The summed E-state index contributed by atoms with van der Waals surface area (Å²) in [5.41, 5.74) is 0.855. The van der Waals surface area contributed by atoms with Gasteiger partial charge in [0.05, 0.1) is 7.11 Å². The topological polar surface area (TPSA) is 62.1 Å². The van der Waals surface area contributed by atoms with E-state index in [0.29, 0.717) is 0 Å². The van der Waals surface area contributed by atoms with Gasteiger partial charge < -0.3 is 10.1 Å². The third-order valence-corrected chi connectivity index (χ3v) is 2.02. The molecular weight excluding hydrogens is 204 g/mol. The molecule has 4 heteroatoms. The Balaban J connectivity index is 2.96. The number of benzene rings is 1. The molecule has 1 aromatic carbocycles. The zero-order valence-corrected chi connectivity index (χ0v) is 9.15. The van der Waals surface area contributed by atoms with Gasteiger partial charge in [-0.05, 0) is 23.8 Å². The van der Waals surface area contributed by atoms with Gasteiger partial charge in [-0.15, -0.1) is 0 Å². The van der Waals surface area contributed by atoms with Gasteiger partial charge in [-0.25, -0.2) is 0 Å². The van der Waals surface area contributed by atoms with Crippen LogP contribution < -0.4 is 10.1 Å². The number of likely N-dealkylation sites (N-methyl/N-ethyl adjacent to an activating group) is 1. The molecule has 0 spiro atoms. The second kappa shape index (κ2) is 5.56. The number of ether oxygens (including phenoxy) is 1. The van der Waals surface area contributed by atoms with Crippen LogP contribution in [0.1, 0.15) is 5.56 Å². The maximum absolute atomic E-state index is 11.2. The minimum atomic E-state index is -0.390. The van der Waals surface area contributed by atoms with Crippen molar-refractivity contribution in [3.05, 3.63) is 35.4 Å². The van der Waals surface area contributed by atoms with Crippen LogP contribution in [0.2, 0.25) is 0 Å². The van der Waals surface area contributed by atoms with Crippen molar-refractivity contribution in [2.75, 3.05) is 14.2 Å². The Bertz CT molecular complexity index is 441. The van der Waals surface area contributed by atoms with Gasteiger partial charge >= 0.3 is 0 Å². The predicted molar refractivity (Wildman–Crippen MR) is 60.7 cm³/mol. The smallest absolute Gasteiger partial charge is 0.261 e. The van der Waals surface area contributed by atoms with Gasteiger partial charge in [0, 0.05) is 7.05 Å². The van der Waals surface area contributed by atoms with Crippen molar-refractivity contribution in [1.29, 1.82) is 5.26 Å². The zero-order valence-electron chi connectivity index (χ0n) is 9.15. The Hall–Kier alpha value is -2.28. The highest BCUT2D eigenvalue weighted by Gasteiger charge is 2.05. The number of nitrogens with zero attached hydrogens (tertiary/aromatic N) is 1. The van der Waals surface area contributed by atoms with Gasteiger partial charge in [-0.3, -0.25) is 4.79 Å². The lowest BCUT2D eigenvalue weighted by Gasteiger charge is -2.00. The zero-order chi connectivity index (χ0) is 12.0. The Morgan fingerprint density at radius 3 is 2.50 bits per heavy atom. The highest BCUT2D eigenvalue weighted by atomic mass is 16.5. The van der Waals surface area contributed by atoms with Crippen molar-refractivity contribution in [2.24, 2.45) is 0 Å². The summed E-state index contributed by atoms with van der Waals surface area (Å²) < 4.78 is 5.00. The van der Waals surface area contributed by atoms with Crippen LogP contribution in [0.25, 0.3) is 6.08 Å². The van der Waals surface area contributed by atoms with E-state index in [-0.39, 0.29) is 5.57 Å². The average Bonchev–Trinajstić information content (AvgIpc) is 2.35. The van der Waals surface area contributed by atoms with E-state index in [1.54, 1.807) is 31.4 Å². The van der Waals surface area contributed by atoms with Crippen molar-refractivity contribution in [3.63, 3.8) is 0 Å². The van der Waals surface area contributed by atoms with Crippen molar-refractivity contribution < 1.29 is 9.53 Å². The first-order valence-electron chi connectivity index (χ1n) is 4.69. The van der Waals surface area contributed by atoms with Crippen molar-refractivity contribution >= 4 is 12.0 Å². The Morgan fingerprint density at radius 2 is 2.06 bits per heavy atom. The van der Waals surface area contributed by atoms with Gasteiger partial charge in [-0.1, -0.05) is 12.1 Å². The van der Waals surface area contributed by atoms with E-state index < -0.39 is 5.91 Å². The molecule has 16 heavy (non-hydrogen) atoms. The fourth-order valence-electron chi connectivity index (χ4n) is 1.15. The van der Waals surface area contributed by atoms with E-state index in [9.17, 15) is 4.79 Å². The summed E-state index contributed by atoms with van der Waals surface area (Å²) >= 11 is 0. The Morgan fingerprint density at radius 1 is 1.44 bits per heavy atom. The molecule has 0 bridgehead atoms. The summed E-state index contributed by atoms with van der Waals surface area (Å²) in [6.07, 6.45) is 1.53. The minimum Gasteiger partial charge on any atom is -0.497 e. The summed E-state index contributed by atoms with van der Waals surface area (Å²) in [7, 11) is 3.07. The molecular formula is C12H12N2O2. The molecule has 0 aliphatic heterocycles. The maximum atomic E-state index is 11.2. The number of rotatable bonds is 3. The fraction of sp³-hybridized carbons (Fsp3) is 0.167. The molecule has 0 radical (unpaired) electrons. The van der Waals surface area contributed by atoms with Gasteiger partial charge in [-0.2, -0.15) is 5.26 Å². The van der Waals surface area contributed by atoms with E-state index in [1.807, 2.05) is 6.07 Å². The molecule has 0 fully saturated rings. The predicted octanol–water partition coefficient (Wildman–Crippen LogP) is 1.35. The number of amides is 1. The fourth-order valence-corrected chi connectivity index (χ4v) is 1.15. The summed E-state index contributed by atoms with van der Waals surface area (Å²) in [5, 5.41) is 11.2. The average molecular weight is 216 g/mol. The van der Waals surface area contributed by atoms with Crippen LogP contribution in [0, 0.1) is 11.3 Å². The lowest BCUT2D eigenvalue weighted by molar-refractivity contribution is -0.116. The van der Waals surface area contributed by atoms with Gasteiger partial charge in [0.1, 0.15) is 17.4 Å². The van der Waals surface area contributed by atoms with Crippen molar-refractivity contribution in [1.82, 2.24) is 5.32 Å². The number of carbonyl (C=O) groups excluding carboxylic acids is 1. The van der Waals surface area contributed by atoms with E-state index in [2.05, 4.69) is 5.32 Å². The van der Waals surface area contributed by atoms with Gasteiger partial charge in [0.25, 0.3) is 5.91 Å². The monoisotopic (exact) mass is 216 g/mol. The number of nitrogens with one attached hydrogen (secondary N) is 1. The normalized spacial score (nSPS) is 10.4. The number of methoxy groups -OCH3 is 1. The third kappa shape index (κ3) is 2.85. The largest absolute Gasteiger partial charge is 0.497 e. The molecule has 4 nitrogen and oxygen atoms in total. The molecule has 1 amide bonds. The van der Waals surface area contributed by atoms with E-state index in [0.717, 1.165) is 11.3 Å². The van der Waals surface area contributed by atoms with Gasteiger partial charge in [0.15, 0.2) is 0 Å². The van der Waals surface area contributed by atoms with E-state index >= 15 is 0 Å². The van der Waals surface area contributed by atoms with Crippen LogP contribution in [0.4, 0.5) is 0 Å². The molecule has 0 saturated carbocycles. The lowest BCUT2D eigenvalue weighted by Crippen LogP contribution is -2.19. The SMILES string of the molecule is CNC(=O)/C(C#N)=C\c1ccc(OC)cc1. The lowest BCUT2D eigenvalue weighted by atomic mass is 10.1. The molecule has 0 aliphatic carbocycles. The molecule has 0 saturated heterocycles. The molecule has 0 unspecified atom stereocenters.